The van der Waals surface area contributed by atoms with E-state index >= 15 is 0 Å². The van der Waals surface area contributed by atoms with Gasteiger partial charge in [0.15, 0.2) is 0 Å². The van der Waals surface area contributed by atoms with Gasteiger partial charge >= 0.3 is 0 Å². The first kappa shape index (κ1) is 13.9. The van der Waals surface area contributed by atoms with Crippen molar-refractivity contribution in [2.75, 3.05) is 19.6 Å². The van der Waals surface area contributed by atoms with Gasteiger partial charge in [-0.25, -0.2) is 0 Å². The van der Waals surface area contributed by atoms with Gasteiger partial charge in [-0.05, 0) is 5.04 Å². The first-order valence-corrected chi connectivity index (χ1v) is 8.38. The van der Waals surface area contributed by atoms with Crippen LogP contribution in [0.3, 0.4) is 0 Å². The van der Waals surface area contributed by atoms with Gasteiger partial charge in [0.1, 0.15) is 8.24 Å². The summed E-state index contributed by atoms with van der Waals surface area (Å²) < 4.78 is 0. The maximum Gasteiger partial charge on any atom is 0.124 e. The summed E-state index contributed by atoms with van der Waals surface area (Å²) in [7, 11) is -1.28. The molecule has 0 spiro atoms. The van der Waals surface area contributed by atoms with E-state index in [1.165, 1.54) is 0 Å². The number of hydrogen-bond donors (Lipinski definition) is 2. The summed E-state index contributed by atoms with van der Waals surface area (Å²) in [5, 5.41) is 3.72. The quantitative estimate of drug-likeness (QED) is 0.403. The maximum atomic E-state index is 3.70. The molecule has 0 saturated heterocycles. The molecule has 0 aliphatic heterocycles. The lowest BCUT2D eigenvalue weighted by atomic mass is 10.2. The molecule has 3 heteroatoms. The fourth-order valence-corrected chi connectivity index (χ4v) is 2.21. The van der Waals surface area contributed by atoms with Crippen LogP contribution in [0.1, 0.15) is 20.8 Å². The first-order valence-electron chi connectivity index (χ1n) is 5.38. The predicted molar refractivity (Wildman–Crippen MR) is 68.3 cm³/mol. The van der Waals surface area contributed by atoms with E-state index in [4.69, 9.17) is 0 Å². The lowest BCUT2D eigenvalue weighted by molar-refractivity contribution is 0.662. The summed E-state index contributed by atoms with van der Waals surface area (Å²) in [5.74, 6) is 0. The molecular formula is C11H26N2Si. The third kappa shape index (κ3) is 4.93. The van der Waals surface area contributed by atoms with Crippen LogP contribution in [-0.4, -0.2) is 27.9 Å². The third-order valence-corrected chi connectivity index (χ3v) is 7.92. The molecule has 0 aromatic rings. The van der Waals surface area contributed by atoms with Crippen molar-refractivity contribution in [3.8, 4) is 0 Å². The van der Waals surface area contributed by atoms with Crippen molar-refractivity contribution in [2.24, 2.45) is 0 Å². The van der Waals surface area contributed by atoms with E-state index in [2.05, 4.69) is 50.7 Å². The second-order valence-corrected chi connectivity index (χ2v) is 10.4. The van der Waals surface area contributed by atoms with Crippen LogP contribution in [0.4, 0.5) is 0 Å². The van der Waals surface area contributed by atoms with Crippen molar-refractivity contribution in [1.82, 2.24) is 10.3 Å². The van der Waals surface area contributed by atoms with Gasteiger partial charge in [-0.15, -0.1) is 6.58 Å². The zero-order chi connectivity index (χ0) is 11.2. The Morgan fingerprint density at radius 2 is 1.79 bits per heavy atom. The lowest BCUT2D eigenvalue weighted by Gasteiger charge is -2.37. The number of hydrogen-bond acceptors (Lipinski definition) is 2. The van der Waals surface area contributed by atoms with Crippen LogP contribution in [-0.2, 0) is 0 Å². The van der Waals surface area contributed by atoms with Crippen LogP contribution in [0.25, 0.3) is 0 Å². The highest BCUT2D eigenvalue weighted by atomic mass is 28.3. The SMILES string of the molecule is C=CCNCCN[Si](C)(C)C(C)(C)C. The molecule has 0 radical (unpaired) electrons. The summed E-state index contributed by atoms with van der Waals surface area (Å²) in [6.07, 6.45) is 1.90. The molecule has 0 saturated carbocycles. The highest BCUT2D eigenvalue weighted by Gasteiger charge is 2.34. The van der Waals surface area contributed by atoms with Crippen LogP contribution in [0.5, 0.6) is 0 Å². The summed E-state index contributed by atoms with van der Waals surface area (Å²) in [5.41, 5.74) is 0. The third-order valence-electron chi connectivity index (χ3n) is 3.03. The van der Waals surface area contributed by atoms with Gasteiger partial charge in [0.25, 0.3) is 0 Å². The van der Waals surface area contributed by atoms with Crippen LogP contribution < -0.4 is 10.3 Å². The van der Waals surface area contributed by atoms with Gasteiger partial charge in [0, 0.05) is 19.6 Å². The molecule has 0 aromatic carbocycles. The topological polar surface area (TPSA) is 24.1 Å². The second-order valence-electron chi connectivity index (χ2n) is 5.29. The van der Waals surface area contributed by atoms with Gasteiger partial charge in [-0.2, -0.15) is 0 Å². The first-order chi connectivity index (χ1) is 6.31. The van der Waals surface area contributed by atoms with Crippen molar-refractivity contribution in [1.29, 1.82) is 0 Å². The van der Waals surface area contributed by atoms with Gasteiger partial charge in [0.05, 0.1) is 0 Å². The Balaban J connectivity index is 3.72. The molecular weight excluding hydrogens is 188 g/mol. The average Bonchev–Trinajstić information content (AvgIpc) is 2.02. The predicted octanol–water partition coefficient (Wildman–Crippen LogP) is 2.36. The van der Waals surface area contributed by atoms with E-state index in [0.717, 1.165) is 19.6 Å². The van der Waals surface area contributed by atoms with Crippen LogP contribution in [0.2, 0.25) is 18.1 Å². The van der Waals surface area contributed by atoms with Crippen molar-refractivity contribution >= 4 is 8.24 Å². The minimum absolute atomic E-state index is 0.422. The van der Waals surface area contributed by atoms with E-state index < -0.39 is 8.24 Å². The molecule has 0 amide bonds. The van der Waals surface area contributed by atoms with E-state index in [-0.39, 0.29) is 0 Å². The zero-order valence-corrected chi connectivity index (χ0v) is 11.4. The Bertz CT molecular complexity index is 171. The monoisotopic (exact) mass is 214 g/mol. The average molecular weight is 214 g/mol. The van der Waals surface area contributed by atoms with Crippen molar-refractivity contribution < 1.29 is 0 Å². The Kier molecular flexibility index (Phi) is 5.63. The number of nitrogens with one attached hydrogen (secondary N) is 2. The van der Waals surface area contributed by atoms with Gasteiger partial charge < -0.3 is 10.3 Å². The van der Waals surface area contributed by atoms with E-state index in [9.17, 15) is 0 Å². The molecule has 0 heterocycles. The largest absolute Gasteiger partial charge is 0.336 e. The molecule has 0 aromatic heterocycles. The summed E-state index contributed by atoms with van der Waals surface area (Å²) >= 11 is 0. The molecule has 84 valence electrons. The minimum Gasteiger partial charge on any atom is -0.336 e. The highest BCUT2D eigenvalue weighted by Crippen LogP contribution is 2.33. The maximum absolute atomic E-state index is 3.70. The van der Waals surface area contributed by atoms with Gasteiger partial charge in [0.2, 0.25) is 0 Å². The Labute approximate surface area is 90.3 Å². The molecule has 2 N–H and O–H groups in total. The van der Waals surface area contributed by atoms with E-state index in [1.807, 2.05) is 6.08 Å². The highest BCUT2D eigenvalue weighted by molar-refractivity contribution is 6.77. The molecule has 0 unspecified atom stereocenters. The van der Waals surface area contributed by atoms with Gasteiger partial charge in [-0.1, -0.05) is 39.9 Å². The van der Waals surface area contributed by atoms with E-state index in [0.29, 0.717) is 5.04 Å². The van der Waals surface area contributed by atoms with Crippen LogP contribution >= 0.6 is 0 Å². The lowest BCUT2D eigenvalue weighted by Crippen LogP contribution is -2.53. The molecule has 0 aliphatic carbocycles. The fourth-order valence-electron chi connectivity index (χ4n) is 0.933. The normalized spacial score (nSPS) is 12.9. The molecule has 0 bridgehead atoms. The van der Waals surface area contributed by atoms with Crippen molar-refractivity contribution in [3.63, 3.8) is 0 Å². The van der Waals surface area contributed by atoms with Crippen molar-refractivity contribution in [3.05, 3.63) is 12.7 Å². The minimum atomic E-state index is -1.28. The molecule has 2 nitrogen and oxygen atoms in total. The molecule has 0 rings (SSSR count). The van der Waals surface area contributed by atoms with Crippen LogP contribution in [0, 0.1) is 0 Å². The summed E-state index contributed by atoms with van der Waals surface area (Å²) in [6.45, 7) is 18.4. The Hall–Kier alpha value is -0.123. The Morgan fingerprint density at radius 1 is 1.21 bits per heavy atom. The van der Waals surface area contributed by atoms with Gasteiger partial charge in [-0.3, -0.25) is 0 Å². The molecule has 14 heavy (non-hydrogen) atoms. The molecule has 0 atom stereocenters. The fraction of sp³-hybridized carbons (Fsp3) is 0.818. The zero-order valence-electron chi connectivity index (χ0n) is 10.4. The molecule has 0 aliphatic rings. The van der Waals surface area contributed by atoms with E-state index in [1.54, 1.807) is 0 Å². The Morgan fingerprint density at radius 3 is 2.21 bits per heavy atom. The number of rotatable bonds is 6. The van der Waals surface area contributed by atoms with Crippen LogP contribution in [0.15, 0.2) is 12.7 Å². The second kappa shape index (κ2) is 5.68. The van der Waals surface area contributed by atoms with Crippen molar-refractivity contribution in [2.45, 2.75) is 38.9 Å². The molecule has 0 fully saturated rings. The summed E-state index contributed by atoms with van der Waals surface area (Å²) in [6, 6.07) is 0. The smallest absolute Gasteiger partial charge is 0.124 e. The summed E-state index contributed by atoms with van der Waals surface area (Å²) in [4.78, 5) is 3.70. The standard InChI is InChI=1S/C11H26N2Si/c1-7-8-12-9-10-13-14(5,6)11(2,3)4/h7,12-13H,1,8-10H2,2-6H3.